The van der Waals surface area contributed by atoms with Crippen molar-refractivity contribution in [3.8, 4) is 22.3 Å². The fourth-order valence-electron chi connectivity index (χ4n) is 12.0. The Balaban J connectivity index is 0.00000473. The van der Waals surface area contributed by atoms with Crippen LogP contribution in [0.4, 0.5) is 0 Å². The Bertz CT molecular complexity index is 1890. The van der Waals surface area contributed by atoms with E-state index < -0.39 is 69.6 Å². The Morgan fingerprint density at radius 1 is 0.350 bits per heavy atom. The van der Waals surface area contributed by atoms with Crippen molar-refractivity contribution in [1.82, 2.24) is 0 Å². The van der Waals surface area contributed by atoms with E-state index >= 15 is 0 Å². The molecule has 0 aliphatic carbocycles. The van der Waals surface area contributed by atoms with Crippen LogP contribution in [-0.4, -0.2) is 98.0 Å². The zero-order chi connectivity index (χ0) is 46.1. The Hall–Kier alpha value is 0.0190. The molecule has 60 heavy (non-hydrogen) atoms. The Morgan fingerprint density at radius 2 is 0.633 bits per heavy atom. The van der Waals surface area contributed by atoms with Crippen LogP contribution in [0.2, 0.25) is 118 Å². The molecule has 0 bridgehead atoms. The van der Waals surface area contributed by atoms with Gasteiger partial charge >= 0.3 is 407 Å². The summed E-state index contributed by atoms with van der Waals surface area (Å²) in [5, 5.41) is 2.12. The van der Waals surface area contributed by atoms with Crippen molar-refractivity contribution >= 4 is 105 Å². The minimum atomic E-state index is -1.68. The van der Waals surface area contributed by atoms with Crippen LogP contribution < -0.4 is 7.16 Å². The average Bonchev–Trinajstić information content (AvgIpc) is 3.06. The predicted octanol–water partition coefficient (Wildman–Crippen LogP) is 14.7. The van der Waals surface area contributed by atoms with E-state index in [1.54, 1.807) is 9.14 Å². The molecule has 0 saturated heterocycles. The van der Waals surface area contributed by atoms with E-state index in [9.17, 15) is 0 Å². The summed E-state index contributed by atoms with van der Waals surface area (Å²) in [4.78, 5) is 0. The van der Waals surface area contributed by atoms with Gasteiger partial charge in [0.2, 0.25) is 0 Å². The Labute approximate surface area is 403 Å². The van der Waals surface area contributed by atoms with Crippen LogP contribution in [0, 0.1) is 0 Å². The first-order valence-electron chi connectivity index (χ1n) is 22.7. The van der Waals surface area contributed by atoms with E-state index in [1.165, 1.54) is 33.4 Å². The molecule has 328 valence electrons. The van der Waals surface area contributed by atoms with E-state index in [2.05, 4.69) is 253 Å². The van der Waals surface area contributed by atoms with Crippen LogP contribution >= 0.6 is 0 Å². The van der Waals surface area contributed by atoms with Gasteiger partial charge in [-0.2, -0.15) is 0 Å². The molecule has 0 spiro atoms. The summed E-state index contributed by atoms with van der Waals surface area (Å²) in [5.74, 6) is 0.913. The molecule has 4 aromatic carbocycles. The SMILES string of the molecule is CC(C)c1ccccc1-c1cccc(-c2ccccc2C(C)C)[c]1[Sn][c]1c(C([Si](C)(C)C)[Si](C)(C)C)cc(C([Si](C)(C)C)[Si](C)(C)C)cc1C([Si](C)(C)C)[Si](C)(C)C.[Se][Se]. The molecule has 0 amide bonds. The molecule has 0 saturated carbocycles. The molecular weight excluding hydrogens is 1060 g/mol. The van der Waals surface area contributed by atoms with Crippen molar-refractivity contribution in [2.75, 3.05) is 0 Å². The van der Waals surface area contributed by atoms with Crippen molar-refractivity contribution < 1.29 is 0 Å². The van der Waals surface area contributed by atoms with Gasteiger partial charge in [-0.3, -0.25) is 0 Å². The van der Waals surface area contributed by atoms with Crippen molar-refractivity contribution in [3.05, 3.63) is 107 Å². The molecule has 0 fully saturated rings. The van der Waals surface area contributed by atoms with E-state index in [0.29, 0.717) is 22.2 Å². The quantitative estimate of drug-likeness (QED) is 0.104. The molecule has 4 radical (unpaired) electrons. The molecule has 0 N–H and O–H groups in total. The van der Waals surface area contributed by atoms with Crippen molar-refractivity contribution in [2.24, 2.45) is 0 Å². The van der Waals surface area contributed by atoms with Gasteiger partial charge in [0.1, 0.15) is 0 Å². The monoisotopic (exact) mass is 1140 g/mol. The van der Waals surface area contributed by atoms with Gasteiger partial charge < -0.3 is 0 Å². The Kier molecular flexibility index (Phi) is 18.7. The van der Waals surface area contributed by atoms with Crippen molar-refractivity contribution in [1.29, 1.82) is 0 Å². The first-order valence-corrected chi connectivity index (χ1v) is 51.4. The second-order valence-corrected chi connectivity index (χ2v) is 62.1. The number of rotatable bonds is 15. The van der Waals surface area contributed by atoms with E-state index in [1.807, 2.05) is 14.7 Å². The Morgan fingerprint density at radius 3 is 0.917 bits per heavy atom. The summed E-state index contributed by atoms with van der Waals surface area (Å²) >= 11 is 3.52. The second-order valence-electron chi connectivity index (χ2n) is 24.9. The van der Waals surface area contributed by atoms with E-state index in [-0.39, 0.29) is 0 Å². The third-order valence-corrected chi connectivity index (χ3v) is 44.9. The normalized spacial score (nSPS) is 13.5. The van der Waals surface area contributed by atoms with Gasteiger partial charge in [-0.05, 0) is 0 Å². The average molecular weight is 1140 g/mol. The second kappa shape index (κ2) is 20.7. The zero-order valence-electron chi connectivity index (χ0n) is 42.2. The molecule has 0 heterocycles. The van der Waals surface area contributed by atoms with Gasteiger partial charge in [0.25, 0.3) is 0 Å². The fraction of sp³-hybridized carbons (Fsp3) is 0.529. The van der Waals surface area contributed by atoms with Gasteiger partial charge in [-0.25, -0.2) is 0 Å². The van der Waals surface area contributed by atoms with Gasteiger partial charge in [0.05, 0.1) is 0 Å². The van der Waals surface area contributed by atoms with E-state index in [4.69, 9.17) is 0 Å². The van der Waals surface area contributed by atoms with Crippen LogP contribution in [0.1, 0.15) is 82.8 Å². The summed E-state index contributed by atoms with van der Waals surface area (Å²) < 4.78 is 3.59. The third-order valence-electron chi connectivity index (χ3n) is 12.4. The standard InChI is InChI=1S/C27H59Si6.C24H25.Se2.Sn/c1-28(2,3)25(29(4,5)6)22-19-23(26(30(7,8)9)31(10,11)12)21-24(20-22)27(32(13,14)15)33(16,17)18;1-17(2)21-12-5-7-14-23(21)19-10-9-11-20(16-19)24-15-8-6-13-22(24)18(3)4;1-2;/h19-20,25-27H,1-18H3;5-15,17-18H,1-4H3;;. The fourth-order valence-corrected chi connectivity index (χ4v) is 56.6. The molecule has 0 aliphatic heterocycles. The zero-order valence-corrected chi connectivity index (χ0v) is 54.5. The molecule has 9 heteroatoms. The van der Waals surface area contributed by atoms with Crippen LogP contribution in [0.5, 0.6) is 0 Å². The van der Waals surface area contributed by atoms with Gasteiger partial charge in [0.15, 0.2) is 0 Å². The summed E-state index contributed by atoms with van der Waals surface area (Å²) in [7, 11) is -9.86. The topological polar surface area (TPSA) is 0 Å². The van der Waals surface area contributed by atoms with E-state index in [0.717, 1.165) is 5.16 Å². The number of hydrogen-bond acceptors (Lipinski definition) is 0. The third kappa shape index (κ3) is 13.1. The molecule has 0 atom stereocenters. The summed E-state index contributed by atoms with van der Waals surface area (Å²) in [5.41, 5.74) is 14.3. The maximum atomic E-state index is 2.94. The molecule has 4 rings (SSSR count). The van der Waals surface area contributed by atoms with Gasteiger partial charge in [0, 0.05) is 0 Å². The maximum absolute atomic E-state index is 2.94. The van der Waals surface area contributed by atoms with Crippen molar-refractivity contribution in [3.63, 3.8) is 0 Å². The summed E-state index contributed by atoms with van der Waals surface area (Å²) in [6.45, 7) is 58.3. The van der Waals surface area contributed by atoms with Crippen LogP contribution in [0.3, 0.4) is 0 Å². The van der Waals surface area contributed by atoms with Gasteiger partial charge in [-0.1, -0.05) is 0 Å². The molecule has 0 nitrogen and oxygen atoms in total. The predicted molar refractivity (Wildman–Crippen MR) is 297 cm³/mol. The first kappa shape index (κ1) is 54.4. The number of benzene rings is 4. The minimum absolute atomic E-state index is 0.456. The first-order chi connectivity index (χ1) is 27.3. The summed E-state index contributed by atoms with van der Waals surface area (Å²) in [6.07, 6.45) is 0. The molecule has 0 aliphatic rings. The molecular formula is C51H84Se2Si6Sn. The molecule has 0 aromatic heterocycles. The number of hydrogen-bond donors (Lipinski definition) is 0. The van der Waals surface area contributed by atoms with Gasteiger partial charge in [-0.15, -0.1) is 0 Å². The van der Waals surface area contributed by atoms with Crippen molar-refractivity contribution in [2.45, 2.75) is 173 Å². The van der Waals surface area contributed by atoms with Crippen LogP contribution in [0.25, 0.3) is 22.3 Å². The van der Waals surface area contributed by atoms with Crippen LogP contribution in [-0.2, 0) is 0 Å². The van der Waals surface area contributed by atoms with Crippen LogP contribution in [0.15, 0.2) is 78.9 Å². The summed E-state index contributed by atoms with van der Waals surface area (Å²) in [6, 6.07) is 32.1. The molecule has 0 unspecified atom stereocenters. The molecule has 4 aromatic rings.